The zero-order chi connectivity index (χ0) is 20.6. The maximum Gasteiger partial charge on any atom is 0.131 e. The molecule has 154 valence electrons. The predicted molar refractivity (Wildman–Crippen MR) is 123 cm³/mol. The summed E-state index contributed by atoms with van der Waals surface area (Å²) >= 11 is 6.24. The van der Waals surface area contributed by atoms with Crippen molar-refractivity contribution in [2.75, 3.05) is 42.2 Å². The van der Waals surface area contributed by atoms with Gasteiger partial charge in [0, 0.05) is 55.4 Å². The van der Waals surface area contributed by atoms with Crippen LogP contribution < -0.4 is 15.5 Å². The number of benzene rings is 2. The number of anilines is 2. The number of fused-ring (bicyclic) bond motifs is 2. The Morgan fingerprint density at radius 3 is 2.79 bits per heavy atom. The van der Waals surface area contributed by atoms with E-state index in [0.717, 1.165) is 28.0 Å². The number of nitrogens with zero attached hydrogens (tertiary/aromatic N) is 3. The van der Waals surface area contributed by atoms with E-state index in [0.29, 0.717) is 36.1 Å². The average Bonchev–Trinajstić information content (AvgIpc) is 2.83. The second kappa shape index (κ2) is 8.01. The lowest BCUT2D eigenvalue weighted by molar-refractivity contribution is 0.488. The molecule has 4 N–H and O–H groups in total. The molecule has 0 bridgehead atoms. The molecule has 2 aromatic carbocycles. The SMILES string of the molecule is CN(CCN)c1cc(N2CCS(O)(O)c3ccccc3C2)nc2ccc(Cl)cc12. The van der Waals surface area contributed by atoms with Crippen molar-refractivity contribution in [3.8, 4) is 0 Å². The maximum atomic E-state index is 10.6. The lowest BCUT2D eigenvalue weighted by Crippen LogP contribution is -2.28. The van der Waals surface area contributed by atoms with E-state index in [1.165, 1.54) is 0 Å². The van der Waals surface area contributed by atoms with Gasteiger partial charge in [0.15, 0.2) is 0 Å². The number of aromatic nitrogens is 1. The highest BCUT2D eigenvalue weighted by atomic mass is 35.5. The minimum atomic E-state index is -2.82. The first-order valence-corrected chi connectivity index (χ1v) is 11.6. The van der Waals surface area contributed by atoms with Crippen LogP contribution in [0.15, 0.2) is 53.4 Å². The first-order chi connectivity index (χ1) is 13.9. The van der Waals surface area contributed by atoms with Crippen LogP contribution in [0.4, 0.5) is 11.5 Å². The van der Waals surface area contributed by atoms with Gasteiger partial charge in [0.2, 0.25) is 0 Å². The molecule has 0 unspecified atom stereocenters. The molecule has 0 aliphatic carbocycles. The standard InChI is InChI=1S/C21H25ClN4O2S/c1-25(9-8-23)19-13-21(24-18-7-6-16(22)12-17(18)19)26-10-11-29(27,28)20-5-3-2-4-15(20)14-26/h2-7,12-13,27-28H,8-11,14,23H2,1H3. The average molecular weight is 433 g/mol. The Hall–Kier alpha value is -2.03. The molecule has 0 atom stereocenters. The van der Waals surface area contributed by atoms with Crippen LogP contribution in [0.1, 0.15) is 5.56 Å². The largest absolute Gasteiger partial charge is 0.373 e. The van der Waals surface area contributed by atoms with Crippen LogP contribution in [-0.2, 0) is 6.54 Å². The Balaban J connectivity index is 1.81. The van der Waals surface area contributed by atoms with Crippen LogP contribution in [-0.4, -0.2) is 46.5 Å². The molecule has 0 radical (unpaired) electrons. The summed E-state index contributed by atoms with van der Waals surface area (Å²) in [5.41, 5.74) is 8.54. The first-order valence-electron chi connectivity index (χ1n) is 9.49. The van der Waals surface area contributed by atoms with Crippen LogP contribution in [0.2, 0.25) is 5.02 Å². The topological polar surface area (TPSA) is 85.9 Å². The third-order valence-electron chi connectivity index (χ3n) is 5.27. The molecule has 0 saturated carbocycles. The van der Waals surface area contributed by atoms with E-state index < -0.39 is 10.6 Å². The van der Waals surface area contributed by atoms with Gasteiger partial charge in [-0.1, -0.05) is 29.8 Å². The quantitative estimate of drug-likeness (QED) is 0.566. The molecule has 8 heteroatoms. The fourth-order valence-corrected chi connectivity index (χ4v) is 5.46. The molecule has 2 heterocycles. The van der Waals surface area contributed by atoms with Gasteiger partial charge in [0.1, 0.15) is 5.82 Å². The summed E-state index contributed by atoms with van der Waals surface area (Å²) in [6, 6.07) is 15.2. The van der Waals surface area contributed by atoms with E-state index in [1.54, 1.807) is 0 Å². The molecule has 1 aliphatic heterocycles. The molecule has 1 aliphatic rings. The highest BCUT2D eigenvalue weighted by Crippen LogP contribution is 2.51. The molecular formula is C21H25ClN4O2S. The van der Waals surface area contributed by atoms with Crippen LogP contribution >= 0.6 is 22.2 Å². The normalized spacial score (nSPS) is 16.9. The molecule has 4 rings (SSSR count). The van der Waals surface area contributed by atoms with Gasteiger partial charge in [-0.25, -0.2) is 4.98 Å². The van der Waals surface area contributed by atoms with E-state index in [-0.39, 0.29) is 5.75 Å². The Morgan fingerprint density at radius 1 is 1.21 bits per heavy atom. The van der Waals surface area contributed by atoms with Gasteiger partial charge in [0.05, 0.1) is 16.2 Å². The van der Waals surface area contributed by atoms with Gasteiger partial charge in [-0.3, -0.25) is 9.11 Å². The molecule has 0 fully saturated rings. The zero-order valence-corrected chi connectivity index (χ0v) is 17.8. The summed E-state index contributed by atoms with van der Waals surface area (Å²) in [6.07, 6.45) is 0. The molecule has 1 aromatic heterocycles. The lowest BCUT2D eigenvalue weighted by atomic mass is 10.1. The Labute approximate surface area is 177 Å². The summed E-state index contributed by atoms with van der Waals surface area (Å²) in [5.74, 6) is 1.07. The van der Waals surface area contributed by atoms with Crippen molar-refractivity contribution < 1.29 is 9.11 Å². The summed E-state index contributed by atoms with van der Waals surface area (Å²) in [4.78, 5) is 9.70. The van der Waals surface area contributed by atoms with Gasteiger partial charge >= 0.3 is 0 Å². The van der Waals surface area contributed by atoms with E-state index in [4.69, 9.17) is 22.3 Å². The minimum Gasteiger partial charge on any atom is -0.373 e. The van der Waals surface area contributed by atoms with Crippen molar-refractivity contribution in [2.24, 2.45) is 5.73 Å². The highest BCUT2D eigenvalue weighted by molar-refractivity contribution is 8.24. The van der Waals surface area contributed by atoms with E-state index in [1.807, 2.05) is 55.6 Å². The number of nitrogens with two attached hydrogens (primary N) is 1. The van der Waals surface area contributed by atoms with Crippen LogP contribution in [0.25, 0.3) is 10.9 Å². The van der Waals surface area contributed by atoms with Crippen molar-refractivity contribution in [2.45, 2.75) is 11.4 Å². The summed E-state index contributed by atoms with van der Waals surface area (Å²) < 4.78 is 21.3. The van der Waals surface area contributed by atoms with Crippen LogP contribution in [0, 0.1) is 0 Å². The van der Waals surface area contributed by atoms with E-state index in [9.17, 15) is 9.11 Å². The smallest absolute Gasteiger partial charge is 0.131 e. The third kappa shape index (κ3) is 4.01. The number of hydrogen-bond acceptors (Lipinski definition) is 6. The number of hydrogen-bond donors (Lipinski definition) is 3. The molecule has 3 aromatic rings. The fraction of sp³-hybridized carbons (Fsp3) is 0.286. The van der Waals surface area contributed by atoms with Gasteiger partial charge in [-0.15, -0.1) is 0 Å². The number of halogens is 1. The lowest BCUT2D eigenvalue weighted by Gasteiger charge is -2.32. The maximum absolute atomic E-state index is 10.6. The minimum absolute atomic E-state index is 0.276. The van der Waals surface area contributed by atoms with Gasteiger partial charge in [0.25, 0.3) is 0 Å². The molecule has 6 nitrogen and oxygen atoms in total. The summed E-state index contributed by atoms with van der Waals surface area (Å²) in [7, 11) is -0.816. The summed E-state index contributed by atoms with van der Waals surface area (Å²) in [5, 5.41) is 1.63. The zero-order valence-electron chi connectivity index (χ0n) is 16.3. The predicted octanol–water partition coefficient (Wildman–Crippen LogP) is 4.41. The van der Waals surface area contributed by atoms with Crippen molar-refractivity contribution >= 4 is 44.6 Å². The monoisotopic (exact) mass is 432 g/mol. The van der Waals surface area contributed by atoms with Gasteiger partial charge in [-0.2, -0.15) is 10.6 Å². The van der Waals surface area contributed by atoms with Crippen molar-refractivity contribution in [1.29, 1.82) is 0 Å². The summed E-state index contributed by atoms with van der Waals surface area (Å²) in [6.45, 7) is 2.31. The second-order valence-electron chi connectivity index (χ2n) is 7.27. The molecule has 0 spiro atoms. The van der Waals surface area contributed by atoms with Crippen molar-refractivity contribution in [3.05, 3.63) is 59.1 Å². The molecule has 0 amide bonds. The number of pyridine rings is 1. The van der Waals surface area contributed by atoms with Crippen LogP contribution in [0.3, 0.4) is 0 Å². The Morgan fingerprint density at radius 2 is 2.00 bits per heavy atom. The number of likely N-dealkylation sites (N-methyl/N-ethyl adjacent to an activating group) is 1. The first kappa shape index (κ1) is 20.3. The Bertz CT molecular complexity index is 1050. The third-order valence-corrected chi connectivity index (χ3v) is 7.36. The van der Waals surface area contributed by atoms with Crippen molar-refractivity contribution in [3.63, 3.8) is 0 Å². The molecule has 0 saturated heterocycles. The number of rotatable bonds is 4. The molecular weight excluding hydrogens is 408 g/mol. The van der Waals surface area contributed by atoms with Gasteiger partial charge in [-0.05, 0) is 29.8 Å². The second-order valence-corrected chi connectivity index (χ2v) is 9.89. The highest BCUT2D eigenvalue weighted by Gasteiger charge is 2.26. The fourth-order valence-electron chi connectivity index (χ4n) is 3.74. The van der Waals surface area contributed by atoms with E-state index in [2.05, 4.69) is 9.80 Å². The van der Waals surface area contributed by atoms with Gasteiger partial charge < -0.3 is 15.5 Å². The van der Waals surface area contributed by atoms with Crippen molar-refractivity contribution in [1.82, 2.24) is 4.98 Å². The van der Waals surface area contributed by atoms with Crippen LogP contribution in [0.5, 0.6) is 0 Å². The molecule has 29 heavy (non-hydrogen) atoms. The Kier molecular flexibility index (Phi) is 5.59. The van der Waals surface area contributed by atoms with E-state index >= 15 is 0 Å².